The van der Waals surface area contributed by atoms with Crippen molar-refractivity contribution in [1.82, 2.24) is 19.3 Å². The van der Waals surface area contributed by atoms with Gasteiger partial charge in [0.05, 0.1) is 11.1 Å². The van der Waals surface area contributed by atoms with E-state index in [1.807, 2.05) is 36.9 Å². The molecule has 0 aliphatic heterocycles. The van der Waals surface area contributed by atoms with Gasteiger partial charge in [-0.2, -0.15) is 0 Å². The van der Waals surface area contributed by atoms with E-state index in [1.54, 1.807) is 18.5 Å². The molecule has 3 aromatic rings. The highest BCUT2D eigenvalue weighted by atomic mass is 16.3. The Morgan fingerprint density at radius 3 is 2.68 bits per heavy atom. The number of rotatable bonds is 3. The zero-order chi connectivity index (χ0) is 15.9. The Morgan fingerprint density at radius 1 is 1.23 bits per heavy atom. The summed E-state index contributed by atoms with van der Waals surface area (Å²) in [4.78, 5) is 9.15. The fraction of sp³-hybridized carbons (Fsp3) is 0.438. The molecular formula is C16H21N5O. The second-order valence-electron chi connectivity index (χ2n) is 6.23. The smallest absolute Gasteiger partial charge is 0.242 e. The number of hydrogen-bond acceptors (Lipinski definition) is 4. The maximum Gasteiger partial charge on any atom is 0.242 e. The normalized spacial score (nSPS) is 13.4. The molecule has 1 N–H and O–H groups in total. The first-order chi connectivity index (χ1) is 10.4. The van der Waals surface area contributed by atoms with Gasteiger partial charge in [0, 0.05) is 26.0 Å². The van der Waals surface area contributed by atoms with Crippen molar-refractivity contribution >= 4 is 22.1 Å². The van der Waals surface area contributed by atoms with Crippen molar-refractivity contribution in [3.8, 4) is 0 Å². The summed E-state index contributed by atoms with van der Waals surface area (Å²) in [7, 11) is 3.83. The lowest BCUT2D eigenvalue weighted by atomic mass is 10.1. The standard InChI is InChI=1S/C16H21N5O/c1-16(2,22)9-10-17-15-18-13-11-7-5-6-8-12(11)20(3)14(13)19-21(15)4/h5-8,22H,9-10H2,1-4H3. The van der Waals surface area contributed by atoms with E-state index in [1.165, 1.54) is 0 Å². The molecule has 6 heteroatoms. The minimum absolute atomic E-state index is 0.516. The summed E-state index contributed by atoms with van der Waals surface area (Å²) in [6.07, 6.45) is 0.586. The molecule has 116 valence electrons. The largest absolute Gasteiger partial charge is 0.390 e. The summed E-state index contributed by atoms with van der Waals surface area (Å²) in [5, 5.41) is 15.4. The summed E-state index contributed by atoms with van der Waals surface area (Å²) < 4.78 is 3.73. The van der Waals surface area contributed by atoms with Gasteiger partial charge < -0.3 is 9.67 Å². The topological polar surface area (TPSA) is 68.2 Å². The lowest BCUT2D eigenvalue weighted by molar-refractivity contribution is 0.0735. The molecule has 2 heterocycles. The third-order valence-electron chi connectivity index (χ3n) is 3.77. The maximum atomic E-state index is 9.78. The van der Waals surface area contributed by atoms with Crippen molar-refractivity contribution in [3.63, 3.8) is 0 Å². The predicted octanol–water partition coefficient (Wildman–Crippen LogP) is 1.52. The van der Waals surface area contributed by atoms with Gasteiger partial charge in [0.1, 0.15) is 5.52 Å². The van der Waals surface area contributed by atoms with Crippen LogP contribution in [-0.2, 0) is 14.1 Å². The molecule has 0 bridgehead atoms. The molecule has 0 spiro atoms. The van der Waals surface area contributed by atoms with E-state index in [9.17, 15) is 5.11 Å². The average Bonchev–Trinajstić information content (AvgIpc) is 2.72. The van der Waals surface area contributed by atoms with Crippen molar-refractivity contribution in [1.29, 1.82) is 0 Å². The summed E-state index contributed by atoms with van der Waals surface area (Å²) in [6.45, 7) is 4.08. The Kier molecular flexibility index (Phi) is 3.48. The van der Waals surface area contributed by atoms with Crippen LogP contribution < -0.4 is 5.62 Å². The minimum Gasteiger partial charge on any atom is -0.390 e. The quantitative estimate of drug-likeness (QED) is 0.797. The van der Waals surface area contributed by atoms with Crippen LogP contribution in [0.4, 0.5) is 0 Å². The van der Waals surface area contributed by atoms with Crippen LogP contribution in [-0.4, -0.2) is 36.6 Å². The van der Waals surface area contributed by atoms with Crippen molar-refractivity contribution in [2.24, 2.45) is 19.1 Å². The predicted molar refractivity (Wildman–Crippen MR) is 86.3 cm³/mol. The van der Waals surface area contributed by atoms with Crippen molar-refractivity contribution < 1.29 is 5.11 Å². The van der Waals surface area contributed by atoms with E-state index < -0.39 is 5.60 Å². The van der Waals surface area contributed by atoms with Gasteiger partial charge in [0.25, 0.3) is 0 Å². The Balaban J connectivity index is 2.15. The first-order valence-corrected chi connectivity index (χ1v) is 7.38. The molecular weight excluding hydrogens is 278 g/mol. The number of hydrogen-bond donors (Lipinski definition) is 1. The summed E-state index contributed by atoms with van der Waals surface area (Å²) in [6, 6.07) is 8.12. The third kappa shape index (κ3) is 2.62. The number of nitrogens with zero attached hydrogens (tertiary/aromatic N) is 5. The number of aryl methyl sites for hydroxylation is 2. The molecule has 0 saturated carbocycles. The molecule has 0 fully saturated rings. The molecule has 6 nitrogen and oxygen atoms in total. The molecule has 2 aromatic heterocycles. The first-order valence-electron chi connectivity index (χ1n) is 7.38. The van der Waals surface area contributed by atoms with Crippen LogP contribution in [0, 0.1) is 0 Å². The van der Waals surface area contributed by atoms with Crippen LogP contribution in [0.3, 0.4) is 0 Å². The summed E-state index contributed by atoms with van der Waals surface area (Å²) in [5.74, 6) is 0. The molecule has 0 aliphatic carbocycles. The second-order valence-corrected chi connectivity index (χ2v) is 6.23. The highest BCUT2D eigenvalue weighted by Crippen LogP contribution is 2.23. The molecule has 0 unspecified atom stereocenters. The van der Waals surface area contributed by atoms with Gasteiger partial charge in [-0.1, -0.05) is 18.2 Å². The number of aromatic nitrogens is 4. The lowest BCUT2D eigenvalue weighted by Crippen LogP contribution is -2.26. The summed E-state index contributed by atoms with van der Waals surface area (Å²) in [5.41, 5.74) is 2.65. The first kappa shape index (κ1) is 14.7. The maximum absolute atomic E-state index is 9.78. The zero-order valence-corrected chi connectivity index (χ0v) is 13.4. The van der Waals surface area contributed by atoms with Crippen LogP contribution in [0.15, 0.2) is 29.3 Å². The number of aliphatic hydroxyl groups is 1. The monoisotopic (exact) mass is 299 g/mol. The average molecular weight is 299 g/mol. The Hall–Kier alpha value is -2.21. The van der Waals surface area contributed by atoms with E-state index in [4.69, 9.17) is 0 Å². The Morgan fingerprint density at radius 2 is 1.95 bits per heavy atom. The van der Waals surface area contributed by atoms with Crippen LogP contribution in [0.5, 0.6) is 0 Å². The molecule has 0 aliphatic rings. The van der Waals surface area contributed by atoms with E-state index in [0.717, 1.165) is 22.1 Å². The van der Waals surface area contributed by atoms with Crippen LogP contribution in [0.2, 0.25) is 0 Å². The minimum atomic E-state index is -0.723. The van der Waals surface area contributed by atoms with Crippen LogP contribution in [0.25, 0.3) is 22.1 Å². The van der Waals surface area contributed by atoms with Gasteiger partial charge in [0.2, 0.25) is 5.62 Å². The Bertz CT molecular complexity index is 898. The van der Waals surface area contributed by atoms with Crippen molar-refractivity contribution in [2.75, 3.05) is 6.54 Å². The number of para-hydroxylation sites is 1. The zero-order valence-electron chi connectivity index (χ0n) is 13.4. The summed E-state index contributed by atoms with van der Waals surface area (Å²) >= 11 is 0. The molecule has 0 radical (unpaired) electrons. The van der Waals surface area contributed by atoms with Crippen LogP contribution in [0.1, 0.15) is 20.3 Å². The van der Waals surface area contributed by atoms with Gasteiger partial charge in [-0.25, -0.2) is 14.7 Å². The second kappa shape index (κ2) is 5.21. The molecule has 3 rings (SSSR count). The highest BCUT2D eigenvalue weighted by Gasteiger charge is 2.13. The van der Waals surface area contributed by atoms with E-state index >= 15 is 0 Å². The molecule has 1 aromatic carbocycles. The number of benzene rings is 1. The number of fused-ring (bicyclic) bond motifs is 3. The third-order valence-corrected chi connectivity index (χ3v) is 3.77. The van der Waals surface area contributed by atoms with E-state index in [-0.39, 0.29) is 0 Å². The van der Waals surface area contributed by atoms with Crippen molar-refractivity contribution in [2.45, 2.75) is 25.9 Å². The van der Waals surface area contributed by atoms with Gasteiger partial charge in [-0.05, 0) is 26.3 Å². The fourth-order valence-corrected chi connectivity index (χ4v) is 2.51. The Labute approximate surface area is 128 Å². The van der Waals surface area contributed by atoms with Crippen LogP contribution >= 0.6 is 0 Å². The SMILES string of the molecule is Cn1nc2c(nc1=NCCC(C)(C)O)c1ccccc1n2C. The molecule has 0 amide bonds. The van der Waals surface area contributed by atoms with Gasteiger partial charge >= 0.3 is 0 Å². The van der Waals surface area contributed by atoms with Crippen molar-refractivity contribution in [3.05, 3.63) is 29.9 Å². The fourth-order valence-electron chi connectivity index (χ4n) is 2.51. The van der Waals surface area contributed by atoms with Gasteiger partial charge in [-0.3, -0.25) is 0 Å². The highest BCUT2D eigenvalue weighted by molar-refractivity contribution is 6.03. The molecule has 22 heavy (non-hydrogen) atoms. The van der Waals surface area contributed by atoms with E-state index in [0.29, 0.717) is 18.6 Å². The van der Waals surface area contributed by atoms with Gasteiger partial charge in [0.15, 0.2) is 5.65 Å². The van der Waals surface area contributed by atoms with E-state index in [2.05, 4.69) is 21.1 Å². The van der Waals surface area contributed by atoms with Gasteiger partial charge in [-0.15, -0.1) is 5.10 Å². The lowest BCUT2D eigenvalue weighted by Gasteiger charge is -2.14. The molecule has 0 saturated heterocycles. The molecule has 0 atom stereocenters.